The molecule has 2 N–H and O–H groups in total. The van der Waals surface area contributed by atoms with Crippen LogP contribution in [0.15, 0.2) is 40.1 Å². The van der Waals surface area contributed by atoms with E-state index < -0.39 is 9.84 Å². The number of para-hydroxylation sites is 1. The fraction of sp³-hybridized carbons (Fsp3) is 0.200. The van der Waals surface area contributed by atoms with Crippen molar-refractivity contribution in [1.82, 2.24) is 0 Å². The summed E-state index contributed by atoms with van der Waals surface area (Å²) in [6, 6.07) is 6.44. The fourth-order valence-corrected chi connectivity index (χ4v) is 2.53. The molecule has 0 saturated heterocycles. The number of nitrogen functional groups attached to an aromatic ring is 1. The third-order valence-corrected chi connectivity index (χ3v) is 3.38. The van der Waals surface area contributed by atoms with Gasteiger partial charge >= 0.3 is 0 Å². The summed E-state index contributed by atoms with van der Waals surface area (Å²) < 4.78 is 23.4. The summed E-state index contributed by atoms with van der Waals surface area (Å²) >= 11 is 0. The van der Waals surface area contributed by atoms with Crippen LogP contribution < -0.4 is 5.73 Å². The lowest BCUT2D eigenvalue weighted by Gasteiger charge is -2.03. The van der Waals surface area contributed by atoms with Crippen molar-refractivity contribution in [2.45, 2.75) is 18.7 Å². The average Bonchev–Trinajstić information content (AvgIpc) is 2.02. The van der Waals surface area contributed by atoms with Crippen LogP contribution in [0.1, 0.15) is 13.8 Å². The van der Waals surface area contributed by atoms with E-state index in [9.17, 15) is 8.42 Å². The zero-order valence-electron chi connectivity index (χ0n) is 8.19. The maximum Gasteiger partial charge on any atom is 0.201 e. The molecule has 0 amide bonds. The molecule has 1 aromatic carbocycles. The summed E-state index contributed by atoms with van der Waals surface area (Å²) in [7, 11) is -3.38. The van der Waals surface area contributed by atoms with E-state index in [2.05, 4.69) is 0 Å². The number of anilines is 1. The Morgan fingerprint density at radius 1 is 1.29 bits per heavy atom. The Morgan fingerprint density at radius 3 is 2.36 bits per heavy atom. The van der Waals surface area contributed by atoms with E-state index in [1.807, 2.05) is 0 Å². The highest BCUT2D eigenvalue weighted by Crippen LogP contribution is 2.20. The van der Waals surface area contributed by atoms with Crippen LogP contribution in [0.25, 0.3) is 0 Å². The molecule has 0 atom stereocenters. The van der Waals surface area contributed by atoms with Gasteiger partial charge < -0.3 is 5.73 Å². The number of hydrogen-bond donors (Lipinski definition) is 1. The molecule has 3 nitrogen and oxygen atoms in total. The number of rotatable bonds is 2. The third-order valence-electron chi connectivity index (χ3n) is 1.62. The Hall–Kier alpha value is -1.29. The van der Waals surface area contributed by atoms with Crippen molar-refractivity contribution in [3.8, 4) is 0 Å². The van der Waals surface area contributed by atoms with Crippen LogP contribution in [0, 0.1) is 0 Å². The summed E-state index contributed by atoms with van der Waals surface area (Å²) in [5, 5.41) is 1.22. The molecule has 0 bridgehead atoms. The number of nitrogens with two attached hydrogens (primary N) is 1. The standard InChI is InChI=1S/C10H13NO2S/c1-8(2)7-14(12,13)10-6-4-3-5-9(10)11/h3-7H,11H2,1-2H3. The molecule has 0 heterocycles. The van der Waals surface area contributed by atoms with Crippen LogP contribution in [0.3, 0.4) is 0 Å². The lowest BCUT2D eigenvalue weighted by molar-refractivity contribution is 0.605. The van der Waals surface area contributed by atoms with E-state index in [1.165, 1.54) is 11.5 Å². The molecular formula is C10H13NO2S. The molecule has 0 aliphatic carbocycles. The zero-order valence-corrected chi connectivity index (χ0v) is 9.01. The second-order valence-electron chi connectivity index (χ2n) is 3.28. The van der Waals surface area contributed by atoms with Crippen LogP contribution in [-0.4, -0.2) is 8.42 Å². The Morgan fingerprint density at radius 2 is 1.86 bits per heavy atom. The van der Waals surface area contributed by atoms with Gasteiger partial charge in [-0.2, -0.15) is 0 Å². The summed E-state index contributed by atoms with van der Waals surface area (Å²) in [6.45, 7) is 3.47. The van der Waals surface area contributed by atoms with Crippen LogP contribution >= 0.6 is 0 Å². The van der Waals surface area contributed by atoms with Crippen molar-refractivity contribution in [1.29, 1.82) is 0 Å². The lowest BCUT2D eigenvalue weighted by atomic mass is 10.3. The minimum Gasteiger partial charge on any atom is -0.398 e. The molecule has 0 aliphatic rings. The zero-order chi connectivity index (χ0) is 10.8. The first-order valence-corrected chi connectivity index (χ1v) is 5.72. The second kappa shape index (κ2) is 3.84. The quantitative estimate of drug-likeness (QED) is 0.761. The van der Waals surface area contributed by atoms with E-state index in [0.717, 1.165) is 5.57 Å². The molecule has 0 aliphatic heterocycles. The molecule has 0 saturated carbocycles. The number of allylic oxidation sites excluding steroid dienone is 1. The van der Waals surface area contributed by atoms with Crippen molar-refractivity contribution >= 4 is 15.5 Å². The minimum absolute atomic E-state index is 0.168. The van der Waals surface area contributed by atoms with Crippen molar-refractivity contribution in [3.63, 3.8) is 0 Å². The van der Waals surface area contributed by atoms with Crippen molar-refractivity contribution in [2.24, 2.45) is 0 Å². The summed E-state index contributed by atoms with van der Waals surface area (Å²) in [6.07, 6.45) is 0. The second-order valence-corrected chi connectivity index (χ2v) is 5.04. The highest BCUT2D eigenvalue weighted by Gasteiger charge is 2.13. The number of benzene rings is 1. The number of sulfone groups is 1. The van der Waals surface area contributed by atoms with Crippen molar-refractivity contribution < 1.29 is 8.42 Å². The van der Waals surface area contributed by atoms with E-state index in [0.29, 0.717) is 0 Å². The van der Waals surface area contributed by atoms with E-state index in [-0.39, 0.29) is 10.6 Å². The summed E-state index contributed by atoms with van der Waals surface area (Å²) in [4.78, 5) is 0.168. The van der Waals surface area contributed by atoms with E-state index >= 15 is 0 Å². The monoisotopic (exact) mass is 211 g/mol. The molecule has 0 radical (unpaired) electrons. The normalized spacial score (nSPS) is 11.0. The molecule has 14 heavy (non-hydrogen) atoms. The van der Waals surface area contributed by atoms with Crippen LogP contribution in [0.2, 0.25) is 0 Å². The van der Waals surface area contributed by atoms with Crippen molar-refractivity contribution in [2.75, 3.05) is 5.73 Å². The van der Waals surface area contributed by atoms with Gasteiger partial charge in [0, 0.05) is 5.41 Å². The SMILES string of the molecule is CC(C)=CS(=O)(=O)c1ccccc1N. The fourth-order valence-electron chi connectivity index (χ4n) is 1.11. The molecule has 0 unspecified atom stereocenters. The maximum absolute atomic E-state index is 11.7. The molecule has 0 aromatic heterocycles. The molecule has 0 fully saturated rings. The first kappa shape index (κ1) is 10.8. The highest BCUT2D eigenvalue weighted by atomic mass is 32.2. The van der Waals surface area contributed by atoms with Gasteiger partial charge in [0.25, 0.3) is 0 Å². The predicted octanol–water partition coefficient (Wildman–Crippen LogP) is 1.97. The Balaban J connectivity index is 3.32. The van der Waals surface area contributed by atoms with E-state index in [1.54, 1.807) is 32.0 Å². The lowest BCUT2D eigenvalue weighted by Crippen LogP contribution is -2.01. The minimum atomic E-state index is -3.38. The molecule has 1 aromatic rings. The van der Waals surface area contributed by atoms with E-state index in [4.69, 9.17) is 5.73 Å². The Labute approximate surface area is 84.2 Å². The largest absolute Gasteiger partial charge is 0.398 e. The van der Waals surface area contributed by atoms with Crippen LogP contribution in [-0.2, 0) is 9.84 Å². The molecule has 76 valence electrons. The molecule has 1 rings (SSSR count). The van der Waals surface area contributed by atoms with Gasteiger partial charge in [0.1, 0.15) is 0 Å². The predicted molar refractivity (Wildman–Crippen MR) is 57.5 cm³/mol. The molecular weight excluding hydrogens is 198 g/mol. The van der Waals surface area contributed by atoms with Crippen molar-refractivity contribution in [3.05, 3.63) is 35.2 Å². The Bertz CT molecular complexity index is 457. The van der Waals surface area contributed by atoms with Crippen LogP contribution in [0.4, 0.5) is 5.69 Å². The van der Waals surface area contributed by atoms with Gasteiger partial charge in [-0.05, 0) is 26.0 Å². The van der Waals surface area contributed by atoms with Gasteiger partial charge in [-0.3, -0.25) is 0 Å². The first-order valence-electron chi connectivity index (χ1n) is 4.18. The van der Waals surface area contributed by atoms with Gasteiger partial charge in [-0.1, -0.05) is 17.7 Å². The summed E-state index contributed by atoms with van der Waals surface area (Å²) in [5.41, 5.74) is 6.59. The van der Waals surface area contributed by atoms with Crippen LogP contribution in [0.5, 0.6) is 0 Å². The highest BCUT2D eigenvalue weighted by molar-refractivity contribution is 7.94. The van der Waals surface area contributed by atoms with Gasteiger partial charge in [-0.25, -0.2) is 8.42 Å². The maximum atomic E-state index is 11.7. The van der Waals surface area contributed by atoms with Gasteiger partial charge in [-0.15, -0.1) is 0 Å². The average molecular weight is 211 g/mol. The Kier molecular flexibility index (Phi) is 2.96. The topological polar surface area (TPSA) is 60.2 Å². The van der Waals surface area contributed by atoms with Gasteiger partial charge in [0.05, 0.1) is 10.6 Å². The number of hydrogen-bond acceptors (Lipinski definition) is 3. The van der Waals surface area contributed by atoms with Gasteiger partial charge in [0.2, 0.25) is 9.84 Å². The smallest absolute Gasteiger partial charge is 0.201 e. The first-order chi connectivity index (χ1) is 6.43. The molecule has 4 heteroatoms. The summed E-state index contributed by atoms with van der Waals surface area (Å²) in [5.74, 6) is 0. The molecule has 0 spiro atoms. The van der Waals surface area contributed by atoms with Gasteiger partial charge in [0.15, 0.2) is 0 Å². The third kappa shape index (κ3) is 2.35.